The summed E-state index contributed by atoms with van der Waals surface area (Å²) in [5, 5.41) is 2.50. The molecule has 8 nitrogen and oxygen atoms in total. The van der Waals surface area contributed by atoms with Crippen molar-refractivity contribution in [2.75, 3.05) is 17.9 Å². The molecule has 1 atom stereocenters. The predicted molar refractivity (Wildman–Crippen MR) is 154 cm³/mol. The molecular weight excluding hydrogens is 545 g/mol. The number of hydrogen-bond acceptors (Lipinski definition) is 5. The Bertz CT molecular complexity index is 1580. The van der Waals surface area contributed by atoms with Gasteiger partial charge in [-0.2, -0.15) is 0 Å². The number of likely N-dealkylation sites (N-methyl/N-ethyl adjacent to an activating group) is 1. The van der Waals surface area contributed by atoms with E-state index in [1.807, 2.05) is 18.2 Å². The number of para-hydroxylation sites is 1. The van der Waals surface area contributed by atoms with Crippen LogP contribution in [0.5, 0.6) is 11.5 Å². The van der Waals surface area contributed by atoms with Gasteiger partial charge in [0.15, 0.2) is 0 Å². The Morgan fingerprint density at radius 1 is 0.829 bits per heavy atom. The van der Waals surface area contributed by atoms with Crippen LogP contribution in [0.4, 0.5) is 10.1 Å². The molecule has 0 saturated heterocycles. The van der Waals surface area contributed by atoms with Gasteiger partial charge in [-0.15, -0.1) is 0 Å². The summed E-state index contributed by atoms with van der Waals surface area (Å²) in [5.41, 5.74) is 0.400. The Kier molecular flexibility index (Phi) is 9.36. The number of nitrogens with one attached hydrogen (secondary N) is 1. The summed E-state index contributed by atoms with van der Waals surface area (Å²) in [5.74, 6) is -0.630. The number of rotatable bonds is 11. The number of carbonyl (C=O) groups excluding carboxylic acids is 2. The number of ether oxygens (including phenoxy) is 1. The first-order valence-electron chi connectivity index (χ1n) is 12.9. The molecule has 0 fully saturated rings. The van der Waals surface area contributed by atoms with Crippen LogP contribution in [0.25, 0.3) is 0 Å². The Hall–Kier alpha value is -4.70. The molecule has 0 heterocycles. The van der Waals surface area contributed by atoms with Crippen molar-refractivity contribution in [3.8, 4) is 11.5 Å². The standard InChI is InChI=1S/C31H30FN3O5S/c1-23(31(37)33-2)34(21-24-11-9-10-16-29(24)32)30(36)22-35(41(38,39)28-14-7-4-8-15-28)25-17-19-27(20-18-25)40-26-12-5-3-6-13-26/h3-20,23H,21-22H2,1-2H3,(H,33,37)/t23-/m0/s1. The molecule has 0 saturated carbocycles. The van der Waals surface area contributed by atoms with Crippen molar-refractivity contribution in [1.29, 1.82) is 0 Å². The van der Waals surface area contributed by atoms with Crippen LogP contribution in [-0.2, 0) is 26.2 Å². The van der Waals surface area contributed by atoms with E-state index in [4.69, 9.17) is 4.74 Å². The maximum atomic E-state index is 14.5. The van der Waals surface area contributed by atoms with Gasteiger partial charge in [-0.3, -0.25) is 13.9 Å². The number of anilines is 1. The summed E-state index contributed by atoms with van der Waals surface area (Å²) in [6, 6.07) is 28.0. The Morgan fingerprint density at radius 3 is 2.00 bits per heavy atom. The van der Waals surface area contributed by atoms with Crippen molar-refractivity contribution in [2.45, 2.75) is 24.4 Å². The molecule has 4 aromatic rings. The second kappa shape index (κ2) is 13.1. The fourth-order valence-electron chi connectivity index (χ4n) is 4.16. The van der Waals surface area contributed by atoms with E-state index >= 15 is 0 Å². The lowest BCUT2D eigenvalue weighted by Crippen LogP contribution is -2.50. The number of benzene rings is 4. The smallest absolute Gasteiger partial charge is 0.264 e. The van der Waals surface area contributed by atoms with Crippen molar-refractivity contribution in [3.05, 3.63) is 121 Å². The second-order valence-electron chi connectivity index (χ2n) is 9.14. The Labute approximate surface area is 239 Å². The van der Waals surface area contributed by atoms with Gasteiger partial charge in [0.25, 0.3) is 10.0 Å². The van der Waals surface area contributed by atoms with Crippen LogP contribution >= 0.6 is 0 Å². The van der Waals surface area contributed by atoms with Gasteiger partial charge in [-0.25, -0.2) is 12.8 Å². The van der Waals surface area contributed by atoms with E-state index in [0.29, 0.717) is 11.5 Å². The van der Waals surface area contributed by atoms with Gasteiger partial charge in [0.1, 0.15) is 29.9 Å². The fourth-order valence-corrected chi connectivity index (χ4v) is 5.59. The van der Waals surface area contributed by atoms with Crippen LogP contribution in [0.3, 0.4) is 0 Å². The zero-order valence-electron chi connectivity index (χ0n) is 22.6. The van der Waals surface area contributed by atoms with Gasteiger partial charge < -0.3 is 15.0 Å². The summed E-state index contributed by atoms with van der Waals surface area (Å²) in [6.45, 7) is 0.637. The zero-order chi connectivity index (χ0) is 29.4. The topological polar surface area (TPSA) is 96.0 Å². The lowest BCUT2D eigenvalue weighted by molar-refractivity contribution is -0.139. The molecule has 0 radical (unpaired) electrons. The molecule has 0 unspecified atom stereocenters. The lowest BCUT2D eigenvalue weighted by Gasteiger charge is -2.31. The highest BCUT2D eigenvalue weighted by Crippen LogP contribution is 2.28. The van der Waals surface area contributed by atoms with Gasteiger partial charge in [0.05, 0.1) is 10.6 Å². The average Bonchev–Trinajstić information content (AvgIpc) is 3.00. The van der Waals surface area contributed by atoms with Gasteiger partial charge in [0, 0.05) is 19.2 Å². The van der Waals surface area contributed by atoms with E-state index in [-0.39, 0.29) is 22.7 Å². The first-order valence-corrected chi connectivity index (χ1v) is 14.3. The van der Waals surface area contributed by atoms with Crippen LogP contribution in [0, 0.1) is 5.82 Å². The molecule has 41 heavy (non-hydrogen) atoms. The maximum Gasteiger partial charge on any atom is 0.264 e. The van der Waals surface area contributed by atoms with Gasteiger partial charge in [0.2, 0.25) is 11.8 Å². The molecule has 0 aliphatic heterocycles. The molecule has 10 heteroatoms. The molecule has 0 aliphatic rings. The summed E-state index contributed by atoms with van der Waals surface area (Å²) < 4.78 is 49.0. The fraction of sp³-hybridized carbons (Fsp3) is 0.161. The van der Waals surface area contributed by atoms with E-state index < -0.39 is 40.2 Å². The van der Waals surface area contributed by atoms with Crippen LogP contribution in [-0.4, -0.2) is 44.8 Å². The van der Waals surface area contributed by atoms with Crippen molar-refractivity contribution in [1.82, 2.24) is 10.2 Å². The predicted octanol–water partition coefficient (Wildman–Crippen LogP) is 4.98. The van der Waals surface area contributed by atoms with Crippen LogP contribution in [0.15, 0.2) is 114 Å². The Balaban J connectivity index is 1.69. The minimum atomic E-state index is -4.22. The first kappa shape index (κ1) is 29.3. The summed E-state index contributed by atoms with van der Waals surface area (Å²) >= 11 is 0. The largest absolute Gasteiger partial charge is 0.457 e. The van der Waals surface area contributed by atoms with E-state index in [0.717, 1.165) is 9.21 Å². The highest BCUT2D eigenvalue weighted by molar-refractivity contribution is 7.92. The monoisotopic (exact) mass is 575 g/mol. The molecule has 4 rings (SSSR count). The average molecular weight is 576 g/mol. The number of carbonyl (C=O) groups is 2. The third-order valence-electron chi connectivity index (χ3n) is 6.43. The lowest BCUT2D eigenvalue weighted by atomic mass is 10.1. The highest BCUT2D eigenvalue weighted by Gasteiger charge is 2.32. The number of nitrogens with zero attached hydrogens (tertiary/aromatic N) is 2. The van der Waals surface area contributed by atoms with Gasteiger partial charge in [-0.1, -0.05) is 54.6 Å². The second-order valence-corrected chi connectivity index (χ2v) is 11.0. The SMILES string of the molecule is CNC(=O)[C@H](C)N(Cc1ccccc1F)C(=O)CN(c1ccc(Oc2ccccc2)cc1)S(=O)(=O)c1ccccc1. The number of sulfonamides is 1. The quantitative estimate of drug-likeness (QED) is 0.272. The molecule has 0 spiro atoms. The third-order valence-corrected chi connectivity index (χ3v) is 8.21. The summed E-state index contributed by atoms with van der Waals surface area (Å²) in [6.07, 6.45) is 0. The number of hydrogen-bond donors (Lipinski definition) is 1. The third kappa shape index (κ3) is 7.09. The summed E-state index contributed by atoms with van der Waals surface area (Å²) in [4.78, 5) is 27.5. The van der Waals surface area contributed by atoms with Crippen LogP contribution in [0.1, 0.15) is 12.5 Å². The minimum absolute atomic E-state index is 0.0163. The normalized spacial score (nSPS) is 11.8. The van der Waals surface area contributed by atoms with Crippen LogP contribution in [0.2, 0.25) is 0 Å². The molecule has 0 aliphatic carbocycles. The highest BCUT2D eigenvalue weighted by atomic mass is 32.2. The molecule has 0 aromatic heterocycles. The number of amides is 2. The van der Waals surface area contributed by atoms with E-state index in [9.17, 15) is 22.4 Å². The Morgan fingerprint density at radius 2 is 1.39 bits per heavy atom. The summed E-state index contributed by atoms with van der Waals surface area (Å²) in [7, 11) is -2.79. The van der Waals surface area contributed by atoms with Crippen molar-refractivity contribution < 1.29 is 27.1 Å². The first-order chi connectivity index (χ1) is 19.7. The molecule has 2 amide bonds. The molecule has 0 bridgehead atoms. The minimum Gasteiger partial charge on any atom is -0.457 e. The number of halogens is 1. The van der Waals surface area contributed by atoms with Crippen LogP contribution < -0.4 is 14.4 Å². The van der Waals surface area contributed by atoms with Gasteiger partial charge >= 0.3 is 0 Å². The molecule has 1 N–H and O–H groups in total. The zero-order valence-corrected chi connectivity index (χ0v) is 23.4. The van der Waals surface area contributed by atoms with Crippen molar-refractivity contribution in [3.63, 3.8) is 0 Å². The molecule has 4 aromatic carbocycles. The van der Waals surface area contributed by atoms with E-state index in [1.54, 1.807) is 48.5 Å². The van der Waals surface area contributed by atoms with Crippen molar-refractivity contribution in [2.24, 2.45) is 0 Å². The molecule has 212 valence electrons. The van der Waals surface area contributed by atoms with Gasteiger partial charge in [-0.05, 0) is 61.5 Å². The van der Waals surface area contributed by atoms with Crippen molar-refractivity contribution >= 4 is 27.5 Å². The molecular formula is C31H30FN3O5S. The van der Waals surface area contributed by atoms with E-state index in [2.05, 4.69) is 5.32 Å². The maximum absolute atomic E-state index is 14.5. The van der Waals surface area contributed by atoms with E-state index in [1.165, 1.54) is 56.4 Å².